The van der Waals surface area contributed by atoms with E-state index < -0.39 is 0 Å². The van der Waals surface area contributed by atoms with E-state index in [0.29, 0.717) is 17.3 Å². The Morgan fingerprint density at radius 3 is 1.88 bits per heavy atom. The van der Waals surface area contributed by atoms with Crippen LogP contribution in [-0.2, 0) is 4.74 Å². The van der Waals surface area contributed by atoms with Gasteiger partial charge in [-0.25, -0.2) is 0 Å². The molecule has 1 nitrogen and oxygen atoms in total. The van der Waals surface area contributed by atoms with Crippen LogP contribution in [0.25, 0.3) is 0 Å². The van der Waals surface area contributed by atoms with Crippen LogP contribution in [0.5, 0.6) is 0 Å². The number of rotatable bonds is 10. The van der Waals surface area contributed by atoms with E-state index in [9.17, 15) is 0 Å². The summed E-state index contributed by atoms with van der Waals surface area (Å²) in [4.78, 5) is 0. The minimum absolute atomic E-state index is 0.139. The Labute approximate surface area is 153 Å². The lowest BCUT2D eigenvalue weighted by Gasteiger charge is -2.40. The van der Waals surface area contributed by atoms with E-state index in [0.717, 1.165) is 13.0 Å². The average Bonchev–Trinajstić information content (AvgIpc) is 2.45. The summed E-state index contributed by atoms with van der Waals surface area (Å²) in [6.45, 7) is 26.0. The average molecular weight is 337 g/mol. The fraction of sp³-hybridized carbons (Fsp3) is 0.826. The maximum atomic E-state index is 5.48. The molecule has 0 aliphatic rings. The summed E-state index contributed by atoms with van der Waals surface area (Å²) in [5.41, 5.74) is 2.15. The second-order valence-electron chi connectivity index (χ2n) is 9.97. The zero-order valence-corrected chi connectivity index (χ0v) is 18.3. The van der Waals surface area contributed by atoms with Crippen LogP contribution >= 0.6 is 0 Å². The van der Waals surface area contributed by atoms with E-state index in [4.69, 9.17) is 4.74 Å². The quantitative estimate of drug-likeness (QED) is 0.381. The van der Waals surface area contributed by atoms with E-state index in [1.165, 1.54) is 18.4 Å². The Kier molecular flexibility index (Phi) is 9.01. The van der Waals surface area contributed by atoms with Gasteiger partial charge in [-0.15, -0.1) is 0 Å². The number of allylic oxidation sites excluding steroid dienone is 3. The molecule has 0 rings (SSSR count). The van der Waals surface area contributed by atoms with Crippen molar-refractivity contribution in [3.05, 3.63) is 24.3 Å². The molecule has 0 amide bonds. The first-order valence-corrected chi connectivity index (χ1v) is 9.67. The van der Waals surface area contributed by atoms with Crippen molar-refractivity contribution >= 4 is 0 Å². The molecule has 1 heteroatoms. The first kappa shape index (κ1) is 23.4. The predicted molar refractivity (Wildman–Crippen MR) is 109 cm³/mol. The van der Waals surface area contributed by atoms with Gasteiger partial charge in [0.15, 0.2) is 0 Å². The molecule has 0 aliphatic carbocycles. The van der Waals surface area contributed by atoms with Gasteiger partial charge in [0.2, 0.25) is 0 Å². The van der Waals surface area contributed by atoms with Gasteiger partial charge in [-0.05, 0) is 46.5 Å². The van der Waals surface area contributed by atoms with Crippen LogP contribution in [0.4, 0.5) is 0 Å². The second-order valence-corrected chi connectivity index (χ2v) is 9.97. The van der Waals surface area contributed by atoms with Gasteiger partial charge in [-0.3, -0.25) is 0 Å². The lowest BCUT2D eigenvalue weighted by molar-refractivity contribution is 0.0727. The molecule has 0 bridgehead atoms. The molecular formula is C23H44O. The van der Waals surface area contributed by atoms with Crippen LogP contribution < -0.4 is 0 Å². The van der Waals surface area contributed by atoms with Crippen LogP contribution in [0, 0.1) is 28.1 Å². The van der Waals surface area contributed by atoms with Crippen molar-refractivity contribution in [2.75, 3.05) is 13.7 Å². The predicted octanol–water partition coefficient (Wildman–Crippen LogP) is 7.29. The Morgan fingerprint density at radius 1 is 1.00 bits per heavy atom. The monoisotopic (exact) mass is 336 g/mol. The van der Waals surface area contributed by atoms with E-state index in [-0.39, 0.29) is 10.8 Å². The number of ether oxygens (including phenoxy) is 1. The fourth-order valence-electron chi connectivity index (χ4n) is 3.64. The first-order valence-electron chi connectivity index (χ1n) is 9.67. The lowest BCUT2D eigenvalue weighted by Crippen LogP contribution is -2.31. The summed E-state index contributed by atoms with van der Waals surface area (Å²) in [6, 6.07) is 0. The molecule has 0 saturated heterocycles. The highest BCUT2D eigenvalue weighted by atomic mass is 16.5. The molecule has 0 aromatic carbocycles. The van der Waals surface area contributed by atoms with Crippen molar-refractivity contribution in [3.8, 4) is 0 Å². The minimum atomic E-state index is 0.139. The van der Waals surface area contributed by atoms with Gasteiger partial charge in [-0.2, -0.15) is 0 Å². The molecule has 0 aliphatic heterocycles. The maximum Gasteiger partial charge on any atom is 0.0518 e. The fourth-order valence-corrected chi connectivity index (χ4v) is 3.64. The molecular weight excluding hydrogens is 292 g/mol. The molecule has 0 spiro atoms. The number of methoxy groups -OCH3 is 1. The summed E-state index contributed by atoms with van der Waals surface area (Å²) in [7, 11) is 1.80. The van der Waals surface area contributed by atoms with Crippen LogP contribution in [0.3, 0.4) is 0 Å². The third-order valence-corrected chi connectivity index (χ3v) is 5.66. The van der Waals surface area contributed by atoms with Crippen LogP contribution in [0.2, 0.25) is 0 Å². The summed E-state index contributed by atoms with van der Waals surface area (Å²) in [6.07, 6.45) is 8.10. The highest BCUT2D eigenvalue weighted by Crippen LogP contribution is 2.44. The molecule has 0 aromatic rings. The third-order valence-electron chi connectivity index (χ3n) is 5.66. The Balaban J connectivity index is 5.88. The summed E-state index contributed by atoms with van der Waals surface area (Å²) >= 11 is 0. The highest BCUT2D eigenvalue weighted by molar-refractivity contribution is 5.24. The first-order chi connectivity index (χ1) is 10.8. The molecule has 142 valence electrons. The molecule has 0 heterocycles. The Hall–Kier alpha value is -0.560. The normalized spacial score (nSPS) is 16.8. The SMILES string of the molecule is C=CC(=CC(CC)C(C)(C)COC)C(CC(C)(C)C)C(C)(C)CC. The van der Waals surface area contributed by atoms with Crippen molar-refractivity contribution in [1.82, 2.24) is 0 Å². The largest absolute Gasteiger partial charge is 0.384 e. The second kappa shape index (κ2) is 9.22. The van der Waals surface area contributed by atoms with Gasteiger partial charge in [-0.1, -0.05) is 87.5 Å². The smallest absolute Gasteiger partial charge is 0.0518 e. The van der Waals surface area contributed by atoms with Crippen molar-refractivity contribution in [2.45, 2.75) is 81.6 Å². The van der Waals surface area contributed by atoms with E-state index in [1.807, 2.05) is 0 Å². The Bertz CT molecular complexity index is 406. The van der Waals surface area contributed by atoms with Gasteiger partial charge in [0.1, 0.15) is 0 Å². The standard InChI is InChI=1S/C23H44O/c1-12-18(15-19(13-2)23(9,10)17-24-11)20(16-21(4,5)6)22(7,8)14-3/h12,15,19-20H,1,13-14,16-17H2,2-11H3. The Morgan fingerprint density at radius 2 is 1.54 bits per heavy atom. The zero-order chi connectivity index (χ0) is 19.2. The van der Waals surface area contributed by atoms with E-state index >= 15 is 0 Å². The highest BCUT2D eigenvalue weighted by Gasteiger charge is 2.34. The number of hydrogen-bond acceptors (Lipinski definition) is 1. The zero-order valence-electron chi connectivity index (χ0n) is 18.3. The van der Waals surface area contributed by atoms with Gasteiger partial charge >= 0.3 is 0 Å². The molecule has 0 fully saturated rings. The molecule has 2 unspecified atom stereocenters. The van der Waals surface area contributed by atoms with Gasteiger partial charge < -0.3 is 4.74 Å². The summed E-state index contributed by atoms with van der Waals surface area (Å²) < 4.78 is 5.48. The van der Waals surface area contributed by atoms with Crippen LogP contribution in [0.15, 0.2) is 24.3 Å². The summed E-state index contributed by atoms with van der Waals surface area (Å²) in [5.74, 6) is 1.04. The topological polar surface area (TPSA) is 9.23 Å². The molecule has 0 saturated carbocycles. The van der Waals surface area contributed by atoms with Crippen molar-refractivity contribution in [2.24, 2.45) is 28.1 Å². The molecule has 0 N–H and O–H groups in total. The minimum Gasteiger partial charge on any atom is -0.384 e. The van der Waals surface area contributed by atoms with Crippen LogP contribution in [-0.4, -0.2) is 13.7 Å². The molecule has 0 aromatic heterocycles. The van der Waals surface area contributed by atoms with Gasteiger partial charge in [0.05, 0.1) is 6.61 Å². The van der Waals surface area contributed by atoms with Crippen LogP contribution in [0.1, 0.15) is 81.6 Å². The molecule has 0 radical (unpaired) electrons. The number of hydrogen-bond donors (Lipinski definition) is 0. The van der Waals surface area contributed by atoms with Gasteiger partial charge in [0, 0.05) is 7.11 Å². The third kappa shape index (κ3) is 7.13. The lowest BCUT2D eigenvalue weighted by atomic mass is 9.65. The molecule has 24 heavy (non-hydrogen) atoms. The van der Waals surface area contributed by atoms with Crippen molar-refractivity contribution in [3.63, 3.8) is 0 Å². The van der Waals surface area contributed by atoms with Crippen molar-refractivity contribution < 1.29 is 4.74 Å². The maximum absolute atomic E-state index is 5.48. The van der Waals surface area contributed by atoms with E-state index in [1.54, 1.807) is 7.11 Å². The van der Waals surface area contributed by atoms with E-state index in [2.05, 4.69) is 81.0 Å². The summed E-state index contributed by atoms with van der Waals surface area (Å²) in [5, 5.41) is 0. The van der Waals surface area contributed by atoms with Crippen molar-refractivity contribution in [1.29, 1.82) is 0 Å². The van der Waals surface area contributed by atoms with Gasteiger partial charge in [0.25, 0.3) is 0 Å². The molecule has 2 atom stereocenters.